The average molecular weight is 350 g/mol. The van der Waals surface area contributed by atoms with E-state index in [1.54, 1.807) is 52.0 Å². The second-order valence-corrected chi connectivity index (χ2v) is 7.12. The normalized spacial score (nSPS) is 13.5. The molecule has 7 nitrogen and oxygen atoms in total. The quantitative estimate of drug-likeness (QED) is 0.694. The summed E-state index contributed by atoms with van der Waals surface area (Å²) in [5.41, 5.74) is -1.15. The van der Waals surface area contributed by atoms with Crippen molar-refractivity contribution in [1.82, 2.24) is 10.6 Å². The molecule has 3 N–H and O–H groups in total. The number of aliphatic carboxylic acids is 1. The average Bonchev–Trinajstić information content (AvgIpc) is 2.50. The topological polar surface area (TPSA) is 105 Å². The number of carboxylic acids is 1. The van der Waals surface area contributed by atoms with Gasteiger partial charge in [-0.05, 0) is 24.6 Å². The molecule has 7 heteroatoms. The highest BCUT2D eigenvalue weighted by Gasteiger charge is 2.32. The number of ether oxygens (including phenoxy) is 1. The second-order valence-electron chi connectivity index (χ2n) is 7.12. The lowest BCUT2D eigenvalue weighted by Gasteiger charge is -2.30. The van der Waals surface area contributed by atoms with E-state index in [1.165, 1.54) is 7.11 Å². The molecule has 0 heterocycles. The van der Waals surface area contributed by atoms with Crippen LogP contribution < -0.4 is 15.4 Å². The van der Waals surface area contributed by atoms with E-state index in [4.69, 9.17) is 4.74 Å². The third-order valence-corrected chi connectivity index (χ3v) is 3.72. The summed E-state index contributed by atoms with van der Waals surface area (Å²) >= 11 is 0. The number of amides is 2. The van der Waals surface area contributed by atoms with Crippen LogP contribution >= 0.6 is 0 Å². The zero-order valence-electron chi connectivity index (χ0n) is 15.3. The van der Waals surface area contributed by atoms with E-state index >= 15 is 0 Å². The van der Waals surface area contributed by atoms with Gasteiger partial charge in [0.1, 0.15) is 5.75 Å². The largest absolute Gasteiger partial charge is 0.497 e. The number of hydrogen-bond acceptors (Lipinski definition) is 4. The molecule has 138 valence electrons. The first-order valence-electron chi connectivity index (χ1n) is 7.93. The van der Waals surface area contributed by atoms with Gasteiger partial charge in [-0.25, -0.2) is 0 Å². The first-order chi connectivity index (χ1) is 11.5. The van der Waals surface area contributed by atoms with Crippen molar-refractivity contribution in [3.63, 3.8) is 0 Å². The van der Waals surface area contributed by atoms with Crippen molar-refractivity contribution in [2.24, 2.45) is 5.41 Å². The third-order valence-electron chi connectivity index (χ3n) is 3.72. The molecule has 0 aromatic heterocycles. The van der Waals surface area contributed by atoms with Gasteiger partial charge in [-0.3, -0.25) is 14.4 Å². The van der Waals surface area contributed by atoms with Crippen LogP contribution in [0.5, 0.6) is 5.75 Å². The van der Waals surface area contributed by atoms with Gasteiger partial charge in [0.2, 0.25) is 11.8 Å². The van der Waals surface area contributed by atoms with Gasteiger partial charge in [-0.2, -0.15) is 0 Å². The summed E-state index contributed by atoms with van der Waals surface area (Å²) in [5.74, 6) is -1.22. The van der Waals surface area contributed by atoms with E-state index in [1.807, 2.05) is 0 Å². The molecule has 0 spiro atoms. The SMILES string of the molecule is COc1cccc(C(C)(CC(=O)O)NC(=O)CNC(=O)C(C)(C)C)c1. The molecule has 0 aliphatic rings. The van der Waals surface area contributed by atoms with Crippen molar-refractivity contribution in [3.05, 3.63) is 29.8 Å². The number of hydrogen-bond donors (Lipinski definition) is 3. The molecule has 0 radical (unpaired) electrons. The maximum Gasteiger partial charge on any atom is 0.306 e. The van der Waals surface area contributed by atoms with Crippen molar-refractivity contribution in [2.45, 2.75) is 39.7 Å². The Morgan fingerprint density at radius 2 is 1.80 bits per heavy atom. The van der Waals surface area contributed by atoms with Gasteiger partial charge in [0.25, 0.3) is 0 Å². The summed E-state index contributed by atoms with van der Waals surface area (Å²) in [4.78, 5) is 35.4. The van der Waals surface area contributed by atoms with E-state index in [2.05, 4.69) is 10.6 Å². The van der Waals surface area contributed by atoms with E-state index in [9.17, 15) is 19.5 Å². The predicted molar refractivity (Wildman–Crippen MR) is 93.2 cm³/mol. The molecule has 2 amide bonds. The van der Waals surface area contributed by atoms with Gasteiger partial charge in [-0.1, -0.05) is 32.9 Å². The van der Waals surface area contributed by atoms with Crippen LogP contribution in [0, 0.1) is 5.41 Å². The highest BCUT2D eigenvalue weighted by atomic mass is 16.5. The molecular formula is C18H26N2O5. The summed E-state index contributed by atoms with van der Waals surface area (Å²) in [7, 11) is 1.51. The summed E-state index contributed by atoms with van der Waals surface area (Å²) in [6.45, 7) is 6.62. The lowest BCUT2D eigenvalue weighted by atomic mass is 9.88. The summed E-state index contributed by atoms with van der Waals surface area (Å²) in [6.07, 6.45) is -0.306. The monoisotopic (exact) mass is 350 g/mol. The highest BCUT2D eigenvalue weighted by Crippen LogP contribution is 2.27. The highest BCUT2D eigenvalue weighted by molar-refractivity contribution is 5.87. The molecule has 25 heavy (non-hydrogen) atoms. The van der Waals surface area contributed by atoms with Gasteiger partial charge in [0, 0.05) is 5.41 Å². The first kappa shape index (κ1) is 20.5. The number of carboxylic acid groups (broad SMARTS) is 1. The van der Waals surface area contributed by atoms with Crippen LogP contribution in [-0.4, -0.2) is 36.5 Å². The van der Waals surface area contributed by atoms with Crippen LogP contribution in [0.4, 0.5) is 0 Å². The Hall–Kier alpha value is -2.57. The smallest absolute Gasteiger partial charge is 0.306 e. The lowest BCUT2D eigenvalue weighted by molar-refractivity contribution is -0.139. The van der Waals surface area contributed by atoms with E-state index in [0.29, 0.717) is 11.3 Å². The fourth-order valence-corrected chi connectivity index (χ4v) is 2.26. The zero-order chi connectivity index (χ0) is 19.3. The lowest BCUT2D eigenvalue weighted by Crippen LogP contribution is -2.49. The van der Waals surface area contributed by atoms with Gasteiger partial charge in [-0.15, -0.1) is 0 Å². The van der Waals surface area contributed by atoms with Crippen molar-refractivity contribution in [2.75, 3.05) is 13.7 Å². The van der Waals surface area contributed by atoms with Gasteiger partial charge in [0.15, 0.2) is 0 Å². The molecule has 0 bridgehead atoms. The number of rotatable bonds is 7. The fraction of sp³-hybridized carbons (Fsp3) is 0.500. The Kier molecular flexibility index (Phi) is 6.55. The standard InChI is InChI=1S/C18H26N2O5/c1-17(2,3)16(24)19-11-14(21)20-18(4,10-15(22)23)12-7-6-8-13(9-12)25-5/h6-9H,10-11H2,1-5H3,(H,19,24)(H,20,21)(H,22,23). The van der Waals surface area contributed by atoms with Crippen LogP contribution in [0.2, 0.25) is 0 Å². The molecule has 1 aromatic carbocycles. The third kappa shape index (κ3) is 6.10. The Morgan fingerprint density at radius 3 is 2.32 bits per heavy atom. The number of methoxy groups -OCH3 is 1. The van der Waals surface area contributed by atoms with Crippen molar-refractivity contribution in [3.8, 4) is 5.75 Å². The minimum absolute atomic E-state index is 0.227. The first-order valence-corrected chi connectivity index (χ1v) is 7.93. The maximum atomic E-state index is 12.2. The van der Waals surface area contributed by atoms with Crippen LogP contribution in [0.15, 0.2) is 24.3 Å². The minimum Gasteiger partial charge on any atom is -0.497 e. The van der Waals surface area contributed by atoms with Gasteiger partial charge >= 0.3 is 5.97 Å². The number of benzene rings is 1. The summed E-state index contributed by atoms with van der Waals surface area (Å²) in [5, 5.41) is 14.5. The van der Waals surface area contributed by atoms with Crippen LogP contribution in [0.3, 0.4) is 0 Å². The number of carbonyl (C=O) groups excluding carboxylic acids is 2. The van der Waals surface area contributed by atoms with Gasteiger partial charge in [0.05, 0.1) is 25.6 Å². The molecule has 0 saturated heterocycles. The second kappa shape index (κ2) is 8.00. The number of nitrogens with one attached hydrogen (secondary N) is 2. The predicted octanol–water partition coefficient (Wildman–Crippen LogP) is 1.66. The Morgan fingerprint density at radius 1 is 1.16 bits per heavy atom. The van der Waals surface area contributed by atoms with E-state index in [-0.39, 0.29) is 18.9 Å². The fourth-order valence-electron chi connectivity index (χ4n) is 2.26. The van der Waals surface area contributed by atoms with Crippen molar-refractivity contribution in [1.29, 1.82) is 0 Å². The maximum absolute atomic E-state index is 12.2. The van der Waals surface area contributed by atoms with Crippen LogP contribution in [-0.2, 0) is 19.9 Å². The van der Waals surface area contributed by atoms with Gasteiger partial charge < -0.3 is 20.5 Å². The molecule has 1 rings (SSSR count). The molecular weight excluding hydrogens is 324 g/mol. The Labute approximate surface area is 147 Å². The minimum atomic E-state index is -1.14. The molecule has 0 fully saturated rings. The van der Waals surface area contributed by atoms with Crippen LogP contribution in [0.25, 0.3) is 0 Å². The summed E-state index contributed by atoms with van der Waals surface area (Å²) in [6, 6.07) is 6.86. The Balaban J connectivity index is 2.93. The molecule has 1 atom stereocenters. The molecule has 0 aliphatic carbocycles. The molecule has 1 aromatic rings. The van der Waals surface area contributed by atoms with Crippen LogP contribution in [0.1, 0.15) is 39.7 Å². The molecule has 0 saturated carbocycles. The summed E-state index contributed by atoms with van der Waals surface area (Å²) < 4.78 is 5.16. The molecule has 1 unspecified atom stereocenters. The van der Waals surface area contributed by atoms with Crippen molar-refractivity contribution < 1.29 is 24.2 Å². The van der Waals surface area contributed by atoms with E-state index < -0.39 is 22.8 Å². The zero-order valence-corrected chi connectivity index (χ0v) is 15.3. The Bertz CT molecular complexity index is 651. The molecule has 0 aliphatic heterocycles. The van der Waals surface area contributed by atoms with Crippen molar-refractivity contribution >= 4 is 17.8 Å². The van der Waals surface area contributed by atoms with E-state index in [0.717, 1.165) is 0 Å². The number of carbonyl (C=O) groups is 3.